The van der Waals surface area contributed by atoms with E-state index in [9.17, 15) is 40.7 Å². The molecule has 3 amide bonds. The molecule has 256 valence electrons. The van der Waals surface area contributed by atoms with E-state index in [0.717, 1.165) is 19.3 Å². The molecular weight excluding hydrogens is 628 g/mol. The van der Waals surface area contributed by atoms with Crippen LogP contribution in [0.4, 0.5) is 32.0 Å². The Morgan fingerprint density at radius 1 is 0.851 bits per heavy atom. The topological polar surface area (TPSA) is 94.1 Å². The number of rotatable bonds is 12. The van der Waals surface area contributed by atoms with Crippen molar-refractivity contribution in [1.29, 1.82) is 0 Å². The summed E-state index contributed by atoms with van der Waals surface area (Å²) in [5.74, 6) is -5.77. The third kappa shape index (κ3) is 10.3. The smallest absolute Gasteiger partial charge is 0.343 e. The summed E-state index contributed by atoms with van der Waals surface area (Å²) >= 11 is 0. The summed E-state index contributed by atoms with van der Waals surface area (Å²) in [6.07, 6.45) is -12.7. The zero-order chi connectivity index (χ0) is 34.2. The van der Waals surface area contributed by atoms with Crippen molar-refractivity contribution in [3.8, 4) is 0 Å². The maximum atomic E-state index is 13.9. The van der Waals surface area contributed by atoms with Crippen LogP contribution in [0, 0.1) is 11.8 Å². The van der Waals surface area contributed by atoms with Gasteiger partial charge in [0.05, 0.1) is 18.1 Å². The Kier molecular flexibility index (Phi) is 12.0. The van der Waals surface area contributed by atoms with Crippen LogP contribution in [0.5, 0.6) is 0 Å². The summed E-state index contributed by atoms with van der Waals surface area (Å²) in [7, 11) is 1.48. The van der Waals surface area contributed by atoms with Crippen LogP contribution in [-0.2, 0) is 14.4 Å². The summed E-state index contributed by atoms with van der Waals surface area (Å²) in [6, 6.07) is 15.7. The molecule has 0 unspecified atom stereocenters. The number of carbonyl (C=O) groups is 3. The van der Waals surface area contributed by atoms with Gasteiger partial charge in [-0.15, -0.1) is 0 Å². The fourth-order valence-electron chi connectivity index (χ4n) is 5.99. The van der Waals surface area contributed by atoms with Crippen LogP contribution in [0.3, 0.4) is 0 Å². The molecule has 2 aromatic rings. The Morgan fingerprint density at radius 3 is 2.13 bits per heavy atom. The van der Waals surface area contributed by atoms with Crippen LogP contribution in [0.15, 0.2) is 59.6 Å². The van der Waals surface area contributed by atoms with Gasteiger partial charge in [-0.3, -0.25) is 19.3 Å². The van der Waals surface area contributed by atoms with Crippen molar-refractivity contribution < 1.29 is 40.7 Å². The van der Waals surface area contributed by atoms with Gasteiger partial charge in [0, 0.05) is 42.9 Å². The summed E-state index contributed by atoms with van der Waals surface area (Å²) in [6.45, 7) is 1.38. The van der Waals surface area contributed by atoms with Gasteiger partial charge in [0.15, 0.2) is 0 Å². The quantitative estimate of drug-likeness (QED) is 0.280. The second-order valence-corrected chi connectivity index (χ2v) is 11.9. The molecule has 4 rings (SSSR count). The lowest BCUT2D eigenvalue weighted by atomic mass is 9.83. The van der Waals surface area contributed by atoms with E-state index in [0.29, 0.717) is 35.6 Å². The second kappa shape index (κ2) is 15.8. The Morgan fingerprint density at radius 2 is 1.47 bits per heavy atom. The van der Waals surface area contributed by atoms with E-state index in [1.807, 2.05) is 4.90 Å². The molecule has 0 aromatic heterocycles. The standard InChI is InChI=1S/C33H39F6N5O3/c1-43-26-15-7-6-13-25(26)27(22-11-4-2-5-12-22)41-28(31(43)47)42-30(46)23(14-10-17-32(34,35)36)24(16-18-33(37,38)39)29(45)40-21-44-19-8-3-9-20-44/h2,4-7,11-13,15,23-24,28H,3,8-10,14,16-21H2,1H3,(H,40,45)(H,42,46)/t23-,24+,28-/m1/s1. The van der Waals surface area contributed by atoms with E-state index in [4.69, 9.17) is 0 Å². The van der Waals surface area contributed by atoms with Crippen molar-refractivity contribution in [2.24, 2.45) is 16.8 Å². The Bertz CT molecular complexity index is 1410. The van der Waals surface area contributed by atoms with E-state index in [1.165, 1.54) is 11.9 Å². The first-order valence-electron chi connectivity index (χ1n) is 15.7. The molecule has 1 fully saturated rings. The normalized spacial score (nSPS) is 18.9. The van der Waals surface area contributed by atoms with Crippen molar-refractivity contribution in [1.82, 2.24) is 15.5 Å². The summed E-state index contributed by atoms with van der Waals surface area (Å²) in [5.41, 5.74) is 2.03. The number of amides is 3. The first-order chi connectivity index (χ1) is 22.2. The zero-order valence-corrected chi connectivity index (χ0v) is 26.0. The molecule has 3 atom stereocenters. The van der Waals surface area contributed by atoms with Gasteiger partial charge in [0.1, 0.15) is 0 Å². The Balaban J connectivity index is 1.66. The number of likely N-dealkylation sites (N-methyl/N-ethyl adjacent to an activating group) is 1. The molecule has 47 heavy (non-hydrogen) atoms. The van der Waals surface area contributed by atoms with Crippen LogP contribution in [0.25, 0.3) is 0 Å². The van der Waals surface area contributed by atoms with E-state index < -0.39 is 80.2 Å². The molecule has 2 aliphatic heterocycles. The van der Waals surface area contributed by atoms with Gasteiger partial charge in [-0.25, -0.2) is 4.99 Å². The summed E-state index contributed by atoms with van der Waals surface area (Å²) in [5, 5.41) is 5.10. The predicted octanol–water partition coefficient (Wildman–Crippen LogP) is 5.81. The number of nitrogens with one attached hydrogen (secondary N) is 2. The van der Waals surface area contributed by atoms with Crippen LogP contribution in [0.1, 0.15) is 62.5 Å². The van der Waals surface area contributed by atoms with Crippen molar-refractivity contribution in [3.05, 3.63) is 65.7 Å². The van der Waals surface area contributed by atoms with Gasteiger partial charge in [-0.05, 0) is 51.3 Å². The van der Waals surface area contributed by atoms with Crippen molar-refractivity contribution in [2.45, 2.75) is 69.9 Å². The average molecular weight is 668 g/mol. The van der Waals surface area contributed by atoms with Gasteiger partial charge in [-0.1, -0.05) is 55.0 Å². The predicted molar refractivity (Wildman–Crippen MR) is 164 cm³/mol. The molecule has 14 heteroatoms. The van der Waals surface area contributed by atoms with Crippen LogP contribution >= 0.6 is 0 Å². The number of carbonyl (C=O) groups excluding carboxylic acids is 3. The third-order valence-electron chi connectivity index (χ3n) is 8.47. The van der Waals surface area contributed by atoms with E-state index in [-0.39, 0.29) is 6.67 Å². The number of nitrogens with zero attached hydrogens (tertiary/aromatic N) is 3. The minimum Gasteiger partial charge on any atom is -0.343 e. The van der Waals surface area contributed by atoms with E-state index >= 15 is 0 Å². The lowest BCUT2D eigenvalue weighted by Gasteiger charge is -2.30. The van der Waals surface area contributed by atoms with Crippen molar-refractivity contribution in [2.75, 3.05) is 31.7 Å². The third-order valence-corrected chi connectivity index (χ3v) is 8.47. The summed E-state index contributed by atoms with van der Waals surface area (Å²) < 4.78 is 79.7. The molecule has 2 aliphatic rings. The lowest BCUT2D eigenvalue weighted by molar-refractivity contribution is -0.148. The van der Waals surface area contributed by atoms with Gasteiger partial charge >= 0.3 is 12.4 Å². The molecule has 1 saturated heterocycles. The number of benzodiazepines with no additional fused rings is 1. The van der Waals surface area contributed by atoms with Crippen molar-refractivity contribution >= 4 is 29.1 Å². The largest absolute Gasteiger partial charge is 0.389 e. The number of hydrogen-bond acceptors (Lipinski definition) is 5. The fraction of sp³-hybridized carbons (Fsp3) is 0.515. The highest BCUT2D eigenvalue weighted by Gasteiger charge is 2.40. The minimum atomic E-state index is -4.68. The maximum Gasteiger partial charge on any atom is 0.389 e. The molecule has 0 saturated carbocycles. The Hall–Kier alpha value is -3.94. The number of benzene rings is 2. The molecule has 8 nitrogen and oxygen atoms in total. The first kappa shape index (κ1) is 35.9. The molecule has 2 aromatic carbocycles. The number of likely N-dealkylation sites (tertiary alicyclic amines) is 1. The number of halogens is 6. The number of anilines is 1. The highest BCUT2D eigenvalue weighted by Crippen LogP contribution is 2.33. The van der Waals surface area contributed by atoms with Crippen LogP contribution in [-0.4, -0.2) is 73.7 Å². The second-order valence-electron chi connectivity index (χ2n) is 11.9. The number of piperidine rings is 1. The van der Waals surface area contributed by atoms with Crippen LogP contribution < -0.4 is 15.5 Å². The Labute approximate surface area is 269 Å². The molecular formula is C33H39F6N5O3. The highest BCUT2D eigenvalue weighted by atomic mass is 19.4. The summed E-state index contributed by atoms with van der Waals surface area (Å²) in [4.78, 5) is 48.8. The fourth-order valence-corrected chi connectivity index (χ4v) is 5.99. The van der Waals surface area contributed by atoms with Crippen molar-refractivity contribution in [3.63, 3.8) is 0 Å². The SMILES string of the molecule is CN1C(=O)[C@@H](NC(=O)[C@H](CCCC(F)(F)F)[C@H](CCC(F)(F)F)C(=O)NCN2CCCCC2)N=C(c2ccccc2)c2ccccc21. The molecule has 0 aliphatic carbocycles. The average Bonchev–Trinajstić information content (AvgIpc) is 3.13. The highest BCUT2D eigenvalue weighted by molar-refractivity contribution is 6.20. The van der Waals surface area contributed by atoms with E-state index in [1.54, 1.807) is 54.6 Å². The minimum absolute atomic E-state index is 0.0349. The molecule has 2 N–H and O–H groups in total. The lowest BCUT2D eigenvalue weighted by Crippen LogP contribution is -2.51. The zero-order valence-electron chi connectivity index (χ0n) is 26.0. The van der Waals surface area contributed by atoms with Gasteiger partial charge < -0.3 is 15.5 Å². The van der Waals surface area contributed by atoms with Gasteiger partial charge in [0.25, 0.3) is 5.91 Å². The molecule has 2 heterocycles. The number of alkyl halides is 6. The number of hydrogen-bond donors (Lipinski definition) is 2. The number of fused-ring (bicyclic) bond motifs is 1. The van der Waals surface area contributed by atoms with E-state index in [2.05, 4.69) is 15.6 Å². The molecule has 0 spiro atoms. The number of aliphatic imine (C=N–C) groups is 1. The molecule has 0 bridgehead atoms. The maximum absolute atomic E-state index is 13.9. The monoisotopic (exact) mass is 667 g/mol. The first-order valence-corrected chi connectivity index (χ1v) is 15.7. The number of para-hydroxylation sites is 1. The molecule has 0 radical (unpaired) electrons. The van der Waals surface area contributed by atoms with Gasteiger partial charge in [0.2, 0.25) is 18.0 Å². The van der Waals surface area contributed by atoms with Crippen LogP contribution in [0.2, 0.25) is 0 Å². The van der Waals surface area contributed by atoms with Gasteiger partial charge in [-0.2, -0.15) is 26.3 Å².